The molecule has 0 saturated carbocycles. The molecule has 5 heteroatoms. The number of aromatic nitrogens is 1. The maximum absolute atomic E-state index is 11.3. The first kappa shape index (κ1) is 15.7. The Labute approximate surface area is 136 Å². The van der Waals surface area contributed by atoms with Crippen molar-refractivity contribution in [1.29, 1.82) is 0 Å². The van der Waals surface area contributed by atoms with Gasteiger partial charge in [0.1, 0.15) is 5.82 Å². The Morgan fingerprint density at radius 3 is 2.78 bits per heavy atom. The third kappa shape index (κ3) is 3.01. The van der Waals surface area contributed by atoms with E-state index >= 15 is 0 Å². The molecule has 0 aliphatic carbocycles. The molecule has 5 nitrogen and oxygen atoms in total. The number of carboxylic acids is 1. The zero-order valence-corrected chi connectivity index (χ0v) is 13.7. The number of carboxylic acid groups (broad SMARTS) is 1. The predicted octanol–water partition coefficient (Wildman–Crippen LogP) is 2.85. The molecule has 1 aliphatic heterocycles. The number of likely N-dealkylation sites (N-methyl/N-ethyl adjacent to an activating group) is 1. The van der Waals surface area contributed by atoms with Gasteiger partial charge >= 0.3 is 5.97 Å². The summed E-state index contributed by atoms with van der Waals surface area (Å²) in [5, 5.41) is 9.97. The van der Waals surface area contributed by atoms with E-state index in [2.05, 4.69) is 28.6 Å². The molecule has 1 aromatic heterocycles. The van der Waals surface area contributed by atoms with Crippen molar-refractivity contribution in [2.75, 3.05) is 31.1 Å². The fourth-order valence-corrected chi connectivity index (χ4v) is 3.49. The summed E-state index contributed by atoms with van der Waals surface area (Å²) in [6.45, 7) is 8.53. The van der Waals surface area contributed by atoms with Crippen LogP contribution in [0.15, 0.2) is 30.3 Å². The third-order valence-electron chi connectivity index (χ3n) is 4.76. The van der Waals surface area contributed by atoms with Gasteiger partial charge in [-0.25, -0.2) is 9.78 Å². The summed E-state index contributed by atoms with van der Waals surface area (Å²) in [4.78, 5) is 20.8. The molecule has 1 unspecified atom stereocenters. The van der Waals surface area contributed by atoms with E-state index < -0.39 is 5.97 Å². The lowest BCUT2D eigenvalue weighted by molar-refractivity contribution is 0.0699. The van der Waals surface area contributed by atoms with Crippen LogP contribution >= 0.6 is 0 Å². The standard InChI is InChI=1S/C18H23N3O2/c1-3-20(4-2)13-10-11-21(12-13)17-9-8-14-15(18(22)23)6-5-7-16(14)19-17/h5-9,13H,3-4,10-12H2,1-2H3,(H,22,23). The van der Waals surface area contributed by atoms with Gasteiger partial charge in [-0.05, 0) is 43.8 Å². The topological polar surface area (TPSA) is 56.7 Å². The van der Waals surface area contributed by atoms with Gasteiger partial charge in [-0.1, -0.05) is 19.9 Å². The first-order valence-corrected chi connectivity index (χ1v) is 8.26. The van der Waals surface area contributed by atoms with E-state index in [9.17, 15) is 9.90 Å². The second-order valence-electron chi connectivity index (χ2n) is 5.96. The lowest BCUT2D eigenvalue weighted by atomic mass is 10.1. The smallest absolute Gasteiger partial charge is 0.336 e. The van der Waals surface area contributed by atoms with Crippen LogP contribution in [0.4, 0.5) is 5.82 Å². The van der Waals surface area contributed by atoms with E-state index in [1.165, 1.54) is 0 Å². The number of carbonyl (C=O) groups is 1. The van der Waals surface area contributed by atoms with Gasteiger partial charge in [0, 0.05) is 24.5 Å². The lowest BCUT2D eigenvalue weighted by Crippen LogP contribution is -2.37. The van der Waals surface area contributed by atoms with E-state index in [0.29, 0.717) is 17.0 Å². The van der Waals surface area contributed by atoms with E-state index in [1.54, 1.807) is 12.1 Å². The number of nitrogens with zero attached hydrogens (tertiary/aromatic N) is 3. The number of hydrogen-bond donors (Lipinski definition) is 1. The van der Waals surface area contributed by atoms with Crippen LogP contribution in [0.5, 0.6) is 0 Å². The average molecular weight is 313 g/mol. The van der Waals surface area contributed by atoms with Gasteiger partial charge < -0.3 is 10.0 Å². The van der Waals surface area contributed by atoms with Crippen LogP contribution < -0.4 is 4.90 Å². The van der Waals surface area contributed by atoms with Crippen LogP contribution in [0.25, 0.3) is 10.9 Å². The van der Waals surface area contributed by atoms with Crippen molar-refractivity contribution in [1.82, 2.24) is 9.88 Å². The van der Waals surface area contributed by atoms with E-state index in [4.69, 9.17) is 0 Å². The van der Waals surface area contributed by atoms with E-state index in [-0.39, 0.29) is 0 Å². The second-order valence-corrected chi connectivity index (χ2v) is 5.96. The number of hydrogen-bond acceptors (Lipinski definition) is 4. The van der Waals surface area contributed by atoms with Gasteiger partial charge in [-0.2, -0.15) is 0 Å². The molecular weight excluding hydrogens is 290 g/mol. The summed E-state index contributed by atoms with van der Waals surface area (Å²) in [6, 6.07) is 9.66. The molecule has 0 radical (unpaired) electrons. The fourth-order valence-electron chi connectivity index (χ4n) is 3.49. The summed E-state index contributed by atoms with van der Waals surface area (Å²) >= 11 is 0. The summed E-state index contributed by atoms with van der Waals surface area (Å²) in [6.07, 6.45) is 1.15. The molecule has 23 heavy (non-hydrogen) atoms. The summed E-state index contributed by atoms with van der Waals surface area (Å²) in [5.41, 5.74) is 1.05. The van der Waals surface area contributed by atoms with Gasteiger partial charge in [0.25, 0.3) is 0 Å². The molecule has 1 saturated heterocycles. The third-order valence-corrected chi connectivity index (χ3v) is 4.76. The fraction of sp³-hybridized carbons (Fsp3) is 0.444. The normalized spacial score (nSPS) is 18.0. The Morgan fingerprint density at radius 1 is 1.30 bits per heavy atom. The van der Waals surface area contributed by atoms with Crippen LogP contribution in [-0.2, 0) is 0 Å². The highest BCUT2D eigenvalue weighted by atomic mass is 16.4. The monoisotopic (exact) mass is 313 g/mol. The Bertz CT molecular complexity index is 712. The van der Waals surface area contributed by atoms with Gasteiger partial charge in [0.05, 0.1) is 11.1 Å². The summed E-state index contributed by atoms with van der Waals surface area (Å²) in [5.74, 6) is 0.0302. The highest BCUT2D eigenvalue weighted by Gasteiger charge is 2.27. The van der Waals surface area contributed by atoms with Gasteiger partial charge in [0.15, 0.2) is 0 Å². The Balaban J connectivity index is 1.86. The number of rotatable bonds is 5. The minimum absolute atomic E-state index is 0.309. The number of aromatic carboxylic acids is 1. The second kappa shape index (κ2) is 6.54. The Kier molecular flexibility index (Phi) is 4.48. The van der Waals surface area contributed by atoms with Crippen LogP contribution in [0.3, 0.4) is 0 Å². The Hall–Kier alpha value is -2.14. The molecule has 1 fully saturated rings. The molecule has 122 valence electrons. The van der Waals surface area contributed by atoms with Crippen LogP contribution in [0, 0.1) is 0 Å². The zero-order chi connectivity index (χ0) is 16.4. The lowest BCUT2D eigenvalue weighted by Gasteiger charge is -2.26. The highest BCUT2D eigenvalue weighted by Crippen LogP contribution is 2.25. The number of anilines is 1. The quantitative estimate of drug-likeness (QED) is 0.920. The SMILES string of the molecule is CCN(CC)C1CCN(c2ccc3c(C(=O)O)cccc3n2)C1. The van der Waals surface area contributed by atoms with Gasteiger partial charge in [-0.15, -0.1) is 0 Å². The zero-order valence-electron chi connectivity index (χ0n) is 13.7. The average Bonchev–Trinajstić information content (AvgIpc) is 3.04. The van der Waals surface area contributed by atoms with Crippen molar-refractivity contribution >= 4 is 22.7 Å². The molecule has 2 aromatic rings. The molecule has 0 amide bonds. The number of benzene rings is 1. The van der Waals surface area contributed by atoms with Crippen molar-refractivity contribution in [2.24, 2.45) is 0 Å². The van der Waals surface area contributed by atoms with Crippen molar-refractivity contribution in [3.05, 3.63) is 35.9 Å². The van der Waals surface area contributed by atoms with Crippen LogP contribution in [-0.4, -0.2) is 53.2 Å². The van der Waals surface area contributed by atoms with Gasteiger partial charge in [0.2, 0.25) is 0 Å². The van der Waals surface area contributed by atoms with E-state index in [0.717, 1.165) is 43.9 Å². The first-order valence-electron chi connectivity index (χ1n) is 8.26. The molecule has 0 spiro atoms. The molecule has 2 heterocycles. The largest absolute Gasteiger partial charge is 0.478 e. The van der Waals surface area contributed by atoms with E-state index in [1.807, 2.05) is 18.2 Å². The predicted molar refractivity (Wildman–Crippen MR) is 92.2 cm³/mol. The molecule has 1 aromatic carbocycles. The first-order chi connectivity index (χ1) is 11.1. The molecule has 3 rings (SSSR count). The number of fused-ring (bicyclic) bond motifs is 1. The Morgan fingerprint density at radius 2 is 2.09 bits per heavy atom. The van der Waals surface area contributed by atoms with Crippen molar-refractivity contribution in [3.63, 3.8) is 0 Å². The summed E-state index contributed by atoms with van der Waals surface area (Å²) < 4.78 is 0. The van der Waals surface area contributed by atoms with Crippen LogP contribution in [0.2, 0.25) is 0 Å². The molecule has 0 bridgehead atoms. The summed E-state index contributed by atoms with van der Waals surface area (Å²) in [7, 11) is 0. The molecule has 1 atom stereocenters. The maximum Gasteiger partial charge on any atom is 0.336 e. The minimum atomic E-state index is -0.909. The van der Waals surface area contributed by atoms with Crippen molar-refractivity contribution in [2.45, 2.75) is 26.3 Å². The molecule has 1 N–H and O–H groups in total. The molecular formula is C18H23N3O2. The van der Waals surface area contributed by atoms with Crippen molar-refractivity contribution < 1.29 is 9.90 Å². The van der Waals surface area contributed by atoms with Gasteiger partial charge in [-0.3, -0.25) is 4.90 Å². The minimum Gasteiger partial charge on any atom is -0.478 e. The highest BCUT2D eigenvalue weighted by molar-refractivity contribution is 6.02. The van der Waals surface area contributed by atoms with Crippen LogP contribution in [0.1, 0.15) is 30.6 Å². The maximum atomic E-state index is 11.3. The number of pyridine rings is 1. The van der Waals surface area contributed by atoms with Crippen molar-refractivity contribution in [3.8, 4) is 0 Å². The molecule has 1 aliphatic rings.